The summed E-state index contributed by atoms with van der Waals surface area (Å²) in [5, 5.41) is 0. The van der Waals surface area contributed by atoms with E-state index < -0.39 is 37.5 Å². The Hall–Kier alpha value is -5.97. The molecule has 0 aliphatic rings. The number of methoxy groups -OCH3 is 2. The fraction of sp³-hybridized carbons (Fsp3) is 0.356. The van der Waals surface area contributed by atoms with Crippen LogP contribution >= 0.6 is 0 Å². The monoisotopic (exact) mass is 1030 g/mol. The van der Waals surface area contributed by atoms with E-state index in [9.17, 15) is 9.59 Å². The van der Waals surface area contributed by atoms with Crippen LogP contribution in [0.3, 0.4) is 0 Å². The van der Waals surface area contributed by atoms with E-state index in [1.165, 1.54) is 16.7 Å². The van der Waals surface area contributed by atoms with Crippen LogP contribution < -0.4 is 28.4 Å². The standard InChI is InChI=1S/C59H74O10Si3/c1-43-23-27-47(28-24-43)59(4,5)49-31-35-51(36-32-49)65-57(61)67-53-38-26-45(42-55(53)63-7)20-18-40-71(10,11)69-72(12,13)68-70(8,9)39-17-19-44-25-37-52(54(41-44)62-6)66-56(60)64-50-33-29-48(30-34-50)58(2,3)46-21-15-14-16-22-46/h14-16,21-38,41-42H,17-20,39-40H2,1-13H3. The second-order valence-corrected chi connectivity index (χ2v) is 33.7. The van der Waals surface area contributed by atoms with Crippen LogP contribution in [0.25, 0.3) is 0 Å². The molecule has 0 heterocycles. The summed E-state index contributed by atoms with van der Waals surface area (Å²) in [7, 11) is -3.51. The van der Waals surface area contributed by atoms with Gasteiger partial charge in [0.2, 0.25) is 0 Å². The van der Waals surface area contributed by atoms with Crippen molar-refractivity contribution in [2.45, 2.75) is 123 Å². The fourth-order valence-electron chi connectivity index (χ4n) is 9.25. The molecule has 0 N–H and O–H groups in total. The maximum atomic E-state index is 12.9. The first kappa shape index (κ1) is 55.3. The molecule has 0 bridgehead atoms. The summed E-state index contributed by atoms with van der Waals surface area (Å²) in [4.78, 5) is 25.7. The van der Waals surface area contributed by atoms with Gasteiger partial charge in [0.25, 0.3) is 0 Å². The smallest absolute Gasteiger partial charge is 0.493 e. The summed E-state index contributed by atoms with van der Waals surface area (Å²) in [5.74, 6) is 2.30. The first-order valence-corrected chi connectivity index (χ1v) is 33.9. The van der Waals surface area contributed by atoms with Gasteiger partial charge >= 0.3 is 20.9 Å². The lowest BCUT2D eigenvalue weighted by Gasteiger charge is -2.39. The molecule has 0 aromatic heterocycles. The highest BCUT2D eigenvalue weighted by atomic mass is 28.5. The number of aryl methyl sites for hydroxylation is 3. The van der Waals surface area contributed by atoms with Crippen LogP contribution in [-0.2, 0) is 31.9 Å². The van der Waals surface area contributed by atoms with Crippen molar-refractivity contribution in [1.29, 1.82) is 0 Å². The molecule has 0 saturated heterocycles. The van der Waals surface area contributed by atoms with Gasteiger partial charge in [-0.2, -0.15) is 0 Å². The molecule has 0 atom stereocenters. The molecular weight excluding hydrogens is 953 g/mol. The lowest BCUT2D eigenvalue weighted by Crippen LogP contribution is -2.52. The van der Waals surface area contributed by atoms with E-state index in [1.807, 2.05) is 66.7 Å². The first-order valence-electron chi connectivity index (χ1n) is 24.8. The van der Waals surface area contributed by atoms with E-state index in [-0.39, 0.29) is 10.8 Å². The van der Waals surface area contributed by atoms with Crippen LogP contribution in [0.15, 0.2) is 140 Å². The first-order chi connectivity index (χ1) is 34.0. The minimum atomic E-state index is -2.46. The molecule has 13 heteroatoms. The second-order valence-electron chi connectivity index (χ2n) is 21.2. The zero-order valence-electron chi connectivity index (χ0n) is 44.6. The number of hydrogen-bond acceptors (Lipinski definition) is 10. The molecule has 382 valence electrons. The number of benzene rings is 6. The van der Waals surface area contributed by atoms with Crippen LogP contribution in [0.4, 0.5) is 9.59 Å². The zero-order chi connectivity index (χ0) is 52.3. The molecule has 6 aromatic carbocycles. The van der Waals surface area contributed by atoms with Gasteiger partial charge in [-0.15, -0.1) is 0 Å². The van der Waals surface area contributed by atoms with Crippen molar-refractivity contribution in [3.05, 3.63) is 178 Å². The minimum Gasteiger partial charge on any atom is -0.493 e. The van der Waals surface area contributed by atoms with Gasteiger partial charge in [0.15, 0.2) is 39.6 Å². The molecule has 0 aliphatic carbocycles. The highest BCUT2D eigenvalue weighted by molar-refractivity contribution is 6.87. The van der Waals surface area contributed by atoms with Crippen molar-refractivity contribution in [3.63, 3.8) is 0 Å². The highest BCUT2D eigenvalue weighted by Crippen LogP contribution is 2.36. The van der Waals surface area contributed by atoms with Gasteiger partial charge in [0, 0.05) is 10.8 Å². The molecule has 0 fully saturated rings. The van der Waals surface area contributed by atoms with Crippen molar-refractivity contribution in [2.24, 2.45) is 0 Å². The SMILES string of the molecule is COc1cc(CCC[Si](C)(C)O[Si](C)(C)O[Si](C)(C)CCCc2ccc(OC(=O)Oc3ccc(C(C)(C)c4ccc(C)cc4)cc3)c(OC)c2)ccc1OC(=O)Oc1ccc(C(C)(C)c2ccccc2)cc1. The van der Waals surface area contributed by atoms with Crippen molar-refractivity contribution in [1.82, 2.24) is 0 Å². The summed E-state index contributed by atoms with van der Waals surface area (Å²) >= 11 is 0. The third kappa shape index (κ3) is 15.5. The molecule has 0 spiro atoms. The van der Waals surface area contributed by atoms with Crippen molar-refractivity contribution in [2.75, 3.05) is 14.2 Å². The molecule has 0 saturated carbocycles. The van der Waals surface area contributed by atoms with Crippen molar-refractivity contribution >= 4 is 37.5 Å². The van der Waals surface area contributed by atoms with E-state index in [0.717, 1.165) is 60.0 Å². The Labute approximate surface area is 431 Å². The van der Waals surface area contributed by atoms with E-state index in [2.05, 4.69) is 110 Å². The van der Waals surface area contributed by atoms with Crippen LogP contribution in [0.5, 0.6) is 34.5 Å². The van der Waals surface area contributed by atoms with E-state index in [0.29, 0.717) is 34.5 Å². The molecule has 6 rings (SSSR count). The van der Waals surface area contributed by atoms with E-state index >= 15 is 0 Å². The predicted octanol–water partition coefficient (Wildman–Crippen LogP) is 15.5. The average molecular weight is 1030 g/mol. The van der Waals surface area contributed by atoms with Gasteiger partial charge in [0.1, 0.15) is 11.5 Å². The van der Waals surface area contributed by atoms with Crippen molar-refractivity contribution in [3.8, 4) is 34.5 Å². The molecule has 0 unspecified atom stereocenters. The molecular formula is C59H74O10Si3. The normalized spacial score (nSPS) is 12.2. The van der Waals surface area contributed by atoms with Gasteiger partial charge in [-0.1, -0.05) is 124 Å². The Kier molecular flexibility index (Phi) is 18.2. The van der Waals surface area contributed by atoms with Crippen LogP contribution in [0.2, 0.25) is 51.4 Å². The molecule has 0 amide bonds. The van der Waals surface area contributed by atoms with Crippen LogP contribution in [0.1, 0.15) is 79.5 Å². The Morgan fingerprint density at radius 2 is 0.806 bits per heavy atom. The molecule has 10 nitrogen and oxygen atoms in total. The minimum absolute atomic E-state index is 0.209. The number of carbonyl (C=O) groups is 2. The third-order valence-electron chi connectivity index (χ3n) is 13.2. The van der Waals surface area contributed by atoms with Crippen LogP contribution in [0, 0.1) is 6.92 Å². The Balaban J connectivity index is 0.922. The van der Waals surface area contributed by atoms with Gasteiger partial charge in [-0.3, -0.25) is 0 Å². The summed E-state index contributed by atoms with van der Waals surface area (Å²) in [6.45, 7) is 24.2. The highest BCUT2D eigenvalue weighted by Gasteiger charge is 2.39. The molecule has 6 aromatic rings. The number of rotatable bonds is 22. The summed E-state index contributed by atoms with van der Waals surface area (Å²) in [5.41, 5.74) is 7.56. The van der Waals surface area contributed by atoms with Crippen molar-refractivity contribution < 1.29 is 46.2 Å². The lowest BCUT2D eigenvalue weighted by atomic mass is 9.78. The molecule has 72 heavy (non-hydrogen) atoms. The Morgan fingerprint density at radius 1 is 0.444 bits per heavy atom. The van der Waals surface area contributed by atoms with Gasteiger partial charge < -0.3 is 36.7 Å². The molecule has 0 radical (unpaired) electrons. The largest absolute Gasteiger partial charge is 0.519 e. The summed E-state index contributed by atoms with van der Waals surface area (Å²) < 4.78 is 47.4. The van der Waals surface area contributed by atoms with Crippen LogP contribution in [-0.4, -0.2) is 51.7 Å². The average Bonchev–Trinajstić information content (AvgIpc) is 3.32. The summed E-state index contributed by atoms with van der Waals surface area (Å²) in [6.07, 6.45) is 1.84. The topological polar surface area (TPSA) is 108 Å². The fourth-order valence-corrected chi connectivity index (χ4v) is 23.3. The number of carbonyl (C=O) groups excluding carboxylic acids is 2. The maximum absolute atomic E-state index is 12.9. The number of hydrogen-bond donors (Lipinski definition) is 0. The maximum Gasteiger partial charge on any atom is 0.519 e. The Bertz CT molecular complexity index is 2730. The zero-order valence-corrected chi connectivity index (χ0v) is 47.6. The Morgan fingerprint density at radius 3 is 1.18 bits per heavy atom. The van der Waals surface area contributed by atoms with E-state index in [1.54, 1.807) is 50.6 Å². The second kappa shape index (κ2) is 23.7. The summed E-state index contributed by atoms with van der Waals surface area (Å²) in [6, 6.07) is 47.1. The van der Waals surface area contributed by atoms with Gasteiger partial charge in [-0.25, -0.2) is 9.59 Å². The quantitative estimate of drug-likeness (QED) is 0.0370. The van der Waals surface area contributed by atoms with Gasteiger partial charge in [0.05, 0.1) is 14.2 Å². The third-order valence-corrected chi connectivity index (χ3v) is 24.7. The molecule has 0 aliphatic heterocycles. The number of ether oxygens (including phenoxy) is 6. The lowest BCUT2D eigenvalue weighted by molar-refractivity contribution is 0.149. The van der Waals surface area contributed by atoms with Gasteiger partial charge in [-0.05, 0) is 166 Å². The van der Waals surface area contributed by atoms with E-state index in [4.69, 9.17) is 36.7 Å². The predicted molar refractivity (Wildman–Crippen MR) is 295 cm³/mol.